The Kier molecular flexibility index (Phi) is 2.77. The Hall–Kier alpha value is -0.970. The Morgan fingerprint density at radius 1 is 1.21 bits per heavy atom. The molecule has 2 rings (SSSR count). The lowest BCUT2D eigenvalue weighted by atomic mass is 10.1. The van der Waals surface area contributed by atoms with E-state index in [0.717, 1.165) is 11.4 Å². The quantitative estimate of drug-likeness (QED) is 0.675. The fraction of sp³-hybridized carbons (Fsp3) is 0.0909. The standard InChI is InChI=1S/C11H10INO/c1-14-9-6-8-4-2-3-5-10(8)11(7-9)13-12/h2-7,13H,1H3. The van der Waals surface area contributed by atoms with Gasteiger partial charge in [0.25, 0.3) is 0 Å². The van der Waals surface area contributed by atoms with Gasteiger partial charge in [0, 0.05) is 11.5 Å². The van der Waals surface area contributed by atoms with Crippen LogP contribution in [-0.2, 0) is 0 Å². The molecule has 0 fully saturated rings. The monoisotopic (exact) mass is 299 g/mol. The Morgan fingerprint density at radius 2 is 2.00 bits per heavy atom. The van der Waals surface area contributed by atoms with Gasteiger partial charge in [-0.05, 0) is 11.5 Å². The summed E-state index contributed by atoms with van der Waals surface area (Å²) in [5, 5.41) is 2.40. The summed E-state index contributed by atoms with van der Waals surface area (Å²) in [6.45, 7) is 0. The molecule has 0 aliphatic carbocycles. The van der Waals surface area contributed by atoms with E-state index in [1.807, 2.05) is 24.3 Å². The van der Waals surface area contributed by atoms with E-state index in [9.17, 15) is 0 Å². The van der Waals surface area contributed by atoms with E-state index in [2.05, 4.69) is 38.5 Å². The third-order valence-electron chi connectivity index (χ3n) is 2.17. The Balaban J connectivity index is 2.73. The maximum atomic E-state index is 5.22. The summed E-state index contributed by atoms with van der Waals surface area (Å²) >= 11 is 2.13. The fourth-order valence-electron chi connectivity index (χ4n) is 1.48. The first kappa shape index (κ1) is 9.58. The first-order chi connectivity index (χ1) is 6.85. The normalized spacial score (nSPS) is 10.1. The highest BCUT2D eigenvalue weighted by Gasteiger charge is 2.02. The van der Waals surface area contributed by atoms with Crippen molar-refractivity contribution in [2.75, 3.05) is 10.6 Å². The highest BCUT2D eigenvalue weighted by atomic mass is 127. The number of ether oxygens (including phenoxy) is 1. The summed E-state index contributed by atoms with van der Waals surface area (Å²) in [6, 6.07) is 12.3. The van der Waals surface area contributed by atoms with Crippen LogP contribution in [0.25, 0.3) is 10.8 Å². The molecule has 0 aliphatic rings. The lowest BCUT2D eigenvalue weighted by Gasteiger charge is -2.07. The number of nitrogens with one attached hydrogen (secondary N) is 1. The molecule has 0 atom stereocenters. The van der Waals surface area contributed by atoms with Crippen molar-refractivity contribution >= 4 is 39.3 Å². The van der Waals surface area contributed by atoms with Gasteiger partial charge in [-0.3, -0.25) is 0 Å². The van der Waals surface area contributed by atoms with Crippen LogP contribution in [0.1, 0.15) is 0 Å². The zero-order valence-electron chi connectivity index (χ0n) is 7.75. The molecule has 0 radical (unpaired) electrons. The van der Waals surface area contributed by atoms with E-state index < -0.39 is 0 Å². The maximum Gasteiger partial charge on any atom is 0.121 e. The van der Waals surface area contributed by atoms with Gasteiger partial charge < -0.3 is 8.27 Å². The third-order valence-corrected chi connectivity index (χ3v) is 2.75. The number of rotatable bonds is 2. The van der Waals surface area contributed by atoms with Crippen LogP contribution in [0.3, 0.4) is 0 Å². The van der Waals surface area contributed by atoms with Crippen LogP contribution in [0.15, 0.2) is 36.4 Å². The molecule has 0 saturated heterocycles. The number of halogens is 1. The summed E-state index contributed by atoms with van der Waals surface area (Å²) in [7, 11) is 1.68. The molecule has 0 amide bonds. The van der Waals surface area contributed by atoms with Crippen molar-refractivity contribution in [2.24, 2.45) is 0 Å². The minimum Gasteiger partial charge on any atom is -0.497 e. The lowest BCUT2D eigenvalue weighted by Crippen LogP contribution is -1.87. The second-order valence-corrected chi connectivity index (χ2v) is 3.53. The summed E-state index contributed by atoms with van der Waals surface area (Å²) in [5.41, 5.74) is 1.08. The zero-order valence-corrected chi connectivity index (χ0v) is 9.91. The van der Waals surface area contributed by atoms with Crippen LogP contribution in [0.5, 0.6) is 5.75 Å². The third kappa shape index (κ3) is 1.64. The van der Waals surface area contributed by atoms with Gasteiger partial charge in [0.05, 0.1) is 35.7 Å². The zero-order chi connectivity index (χ0) is 9.97. The predicted molar refractivity (Wildman–Crippen MR) is 68.1 cm³/mol. The number of fused-ring (bicyclic) bond motifs is 1. The first-order valence-electron chi connectivity index (χ1n) is 4.28. The molecule has 2 aromatic carbocycles. The van der Waals surface area contributed by atoms with Crippen molar-refractivity contribution < 1.29 is 4.74 Å². The smallest absolute Gasteiger partial charge is 0.121 e. The molecule has 14 heavy (non-hydrogen) atoms. The molecule has 2 nitrogen and oxygen atoms in total. The Bertz CT molecular complexity index is 456. The SMILES string of the molecule is COc1cc(NI)c2ccccc2c1. The largest absolute Gasteiger partial charge is 0.497 e. The minimum absolute atomic E-state index is 0.878. The molecule has 0 bridgehead atoms. The van der Waals surface area contributed by atoms with E-state index in [1.165, 1.54) is 10.8 Å². The van der Waals surface area contributed by atoms with Crippen molar-refractivity contribution in [3.05, 3.63) is 36.4 Å². The average molecular weight is 299 g/mol. The van der Waals surface area contributed by atoms with Gasteiger partial charge in [-0.2, -0.15) is 0 Å². The second kappa shape index (κ2) is 4.04. The van der Waals surface area contributed by atoms with Gasteiger partial charge in [-0.25, -0.2) is 0 Å². The number of benzene rings is 2. The topological polar surface area (TPSA) is 21.3 Å². The lowest BCUT2D eigenvalue weighted by molar-refractivity contribution is 0.415. The van der Waals surface area contributed by atoms with Crippen LogP contribution in [0.2, 0.25) is 0 Å². The molecular weight excluding hydrogens is 289 g/mol. The van der Waals surface area contributed by atoms with Crippen molar-refractivity contribution in [1.82, 2.24) is 0 Å². The van der Waals surface area contributed by atoms with Gasteiger partial charge in [0.15, 0.2) is 0 Å². The van der Waals surface area contributed by atoms with E-state index in [-0.39, 0.29) is 0 Å². The van der Waals surface area contributed by atoms with Gasteiger partial charge in [-0.15, -0.1) is 0 Å². The molecule has 0 saturated carbocycles. The first-order valence-corrected chi connectivity index (χ1v) is 5.36. The molecule has 72 valence electrons. The maximum absolute atomic E-state index is 5.22. The van der Waals surface area contributed by atoms with Crippen molar-refractivity contribution in [3.8, 4) is 5.75 Å². The molecular formula is C11H10INO. The van der Waals surface area contributed by atoms with Gasteiger partial charge >= 0.3 is 0 Å². The molecule has 0 unspecified atom stereocenters. The van der Waals surface area contributed by atoms with Crippen molar-refractivity contribution in [1.29, 1.82) is 0 Å². The molecule has 0 aliphatic heterocycles. The van der Waals surface area contributed by atoms with E-state index in [4.69, 9.17) is 4.74 Å². The average Bonchev–Trinajstić information content (AvgIpc) is 2.27. The Labute approximate surface area is 96.8 Å². The highest BCUT2D eigenvalue weighted by molar-refractivity contribution is 14.1. The number of anilines is 1. The number of hydrogen-bond donors (Lipinski definition) is 1. The molecule has 2 aromatic rings. The number of methoxy groups -OCH3 is 1. The fourth-order valence-corrected chi connectivity index (χ4v) is 1.93. The second-order valence-electron chi connectivity index (χ2n) is 2.99. The summed E-state index contributed by atoms with van der Waals surface area (Å²) < 4.78 is 8.36. The van der Waals surface area contributed by atoms with Crippen LogP contribution < -0.4 is 8.27 Å². The van der Waals surface area contributed by atoms with E-state index in [0.29, 0.717) is 0 Å². The van der Waals surface area contributed by atoms with Crippen LogP contribution in [-0.4, -0.2) is 7.11 Å². The summed E-state index contributed by atoms with van der Waals surface area (Å²) in [6.07, 6.45) is 0. The van der Waals surface area contributed by atoms with E-state index >= 15 is 0 Å². The van der Waals surface area contributed by atoms with Crippen molar-refractivity contribution in [3.63, 3.8) is 0 Å². The predicted octanol–water partition coefficient (Wildman–Crippen LogP) is 3.61. The summed E-state index contributed by atoms with van der Waals surface area (Å²) in [5.74, 6) is 0.878. The highest BCUT2D eigenvalue weighted by Crippen LogP contribution is 2.29. The summed E-state index contributed by atoms with van der Waals surface area (Å²) in [4.78, 5) is 0. The van der Waals surface area contributed by atoms with Gasteiger partial charge in [-0.1, -0.05) is 24.3 Å². The molecule has 0 aromatic heterocycles. The molecule has 0 spiro atoms. The molecule has 1 N–H and O–H groups in total. The molecule has 0 heterocycles. The van der Waals surface area contributed by atoms with Crippen LogP contribution >= 0.6 is 22.9 Å². The number of hydrogen-bond acceptors (Lipinski definition) is 2. The van der Waals surface area contributed by atoms with Gasteiger partial charge in [0.2, 0.25) is 0 Å². The van der Waals surface area contributed by atoms with Crippen molar-refractivity contribution in [2.45, 2.75) is 0 Å². The molecule has 3 heteroatoms. The van der Waals surface area contributed by atoms with Gasteiger partial charge in [0.1, 0.15) is 5.75 Å². The van der Waals surface area contributed by atoms with Crippen LogP contribution in [0, 0.1) is 0 Å². The van der Waals surface area contributed by atoms with Crippen LogP contribution in [0.4, 0.5) is 5.69 Å². The Morgan fingerprint density at radius 3 is 2.71 bits per heavy atom. The van der Waals surface area contributed by atoms with E-state index in [1.54, 1.807) is 7.11 Å². The minimum atomic E-state index is 0.878.